The van der Waals surface area contributed by atoms with Gasteiger partial charge in [-0.2, -0.15) is 0 Å². The molecule has 0 aliphatic rings. The lowest BCUT2D eigenvalue weighted by Gasteiger charge is -2.04. The quantitative estimate of drug-likeness (QED) is 0.723. The summed E-state index contributed by atoms with van der Waals surface area (Å²) in [7, 11) is 0. The molecule has 0 saturated heterocycles. The number of hydrogen-bond donors (Lipinski definition) is 2. The summed E-state index contributed by atoms with van der Waals surface area (Å²) in [5.41, 5.74) is 8.01. The van der Waals surface area contributed by atoms with Gasteiger partial charge in [-0.05, 0) is 41.3 Å². The normalized spacial score (nSPS) is 10.4. The van der Waals surface area contributed by atoms with E-state index < -0.39 is 5.82 Å². The molecular weight excluding hydrogens is 301 g/mol. The van der Waals surface area contributed by atoms with E-state index in [0.29, 0.717) is 10.6 Å². The van der Waals surface area contributed by atoms with Gasteiger partial charge >= 0.3 is 0 Å². The first-order valence-electron chi connectivity index (χ1n) is 6.48. The number of carbonyl (C=O) groups excluding carboxylic acids is 1. The summed E-state index contributed by atoms with van der Waals surface area (Å²) in [4.78, 5) is 16.8. The minimum Gasteiger partial charge on any atom is -0.399 e. The van der Waals surface area contributed by atoms with E-state index in [1.165, 1.54) is 29.5 Å². The lowest BCUT2D eigenvalue weighted by Crippen LogP contribution is -2.10. The highest BCUT2D eigenvalue weighted by Gasteiger charge is 2.11. The summed E-state index contributed by atoms with van der Waals surface area (Å²) in [5, 5.41) is 4.52. The number of halogens is 1. The Morgan fingerprint density at radius 1 is 1.23 bits per heavy atom. The number of nitrogens with one attached hydrogen (secondary N) is 1. The smallest absolute Gasteiger partial charge is 0.265 e. The Hall–Kier alpha value is -2.73. The van der Waals surface area contributed by atoms with Gasteiger partial charge in [-0.3, -0.25) is 9.78 Å². The van der Waals surface area contributed by atoms with Gasteiger partial charge in [0.15, 0.2) is 0 Å². The van der Waals surface area contributed by atoms with Crippen molar-refractivity contribution in [1.82, 2.24) is 4.98 Å². The zero-order chi connectivity index (χ0) is 15.5. The number of hydrogen-bond acceptors (Lipinski definition) is 4. The average molecular weight is 313 g/mol. The second-order valence-corrected chi connectivity index (χ2v) is 5.58. The minimum atomic E-state index is -0.488. The maximum atomic E-state index is 13.3. The van der Waals surface area contributed by atoms with Gasteiger partial charge in [-0.15, -0.1) is 11.3 Å². The van der Waals surface area contributed by atoms with Crippen LogP contribution in [0.15, 0.2) is 54.2 Å². The number of anilines is 2. The number of pyridine rings is 1. The van der Waals surface area contributed by atoms with Crippen LogP contribution < -0.4 is 11.1 Å². The lowest BCUT2D eigenvalue weighted by atomic mass is 10.1. The molecular formula is C16H12FN3OS. The molecule has 0 fully saturated rings. The van der Waals surface area contributed by atoms with Crippen LogP contribution in [0.3, 0.4) is 0 Å². The second kappa shape index (κ2) is 5.95. The molecule has 0 atom stereocenters. The molecule has 0 unspecified atom stereocenters. The van der Waals surface area contributed by atoms with Gasteiger partial charge in [-0.25, -0.2) is 4.39 Å². The molecule has 0 radical (unpaired) electrons. The molecule has 2 heterocycles. The average Bonchev–Trinajstić information content (AvgIpc) is 2.97. The van der Waals surface area contributed by atoms with Crippen LogP contribution in [0, 0.1) is 5.82 Å². The predicted molar refractivity (Wildman–Crippen MR) is 86.3 cm³/mol. The van der Waals surface area contributed by atoms with E-state index in [-0.39, 0.29) is 11.6 Å². The van der Waals surface area contributed by atoms with Crippen LogP contribution in [0.5, 0.6) is 0 Å². The number of nitrogen functional groups attached to an aromatic ring is 1. The van der Waals surface area contributed by atoms with Gasteiger partial charge < -0.3 is 11.1 Å². The van der Waals surface area contributed by atoms with Crippen molar-refractivity contribution in [2.75, 3.05) is 11.1 Å². The van der Waals surface area contributed by atoms with E-state index in [1.54, 1.807) is 18.5 Å². The molecule has 110 valence electrons. The first-order chi connectivity index (χ1) is 10.6. The Morgan fingerprint density at radius 2 is 2.09 bits per heavy atom. The van der Waals surface area contributed by atoms with Crippen molar-refractivity contribution in [2.24, 2.45) is 0 Å². The number of amides is 1. The molecule has 1 aromatic carbocycles. The molecule has 3 rings (SSSR count). The third-order valence-electron chi connectivity index (χ3n) is 3.00. The second-order valence-electron chi connectivity index (χ2n) is 4.67. The van der Waals surface area contributed by atoms with Gasteiger partial charge in [0.05, 0.1) is 4.88 Å². The van der Waals surface area contributed by atoms with Crippen LogP contribution >= 0.6 is 11.3 Å². The summed E-state index contributed by atoms with van der Waals surface area (Å²) in [6.07, 6.45) is 3.43. The summed E-state index contributed by atoms with van der Waals surface area (Å²) >= 11 is 1.32. The van der Waals surface area contributed by atoms with Crippen molar-refractivity contribution in [3.63, 3.8) is 0 Å². The molecule has 1 amide bonds. The van der Waals surface area contributed by atoms with Gasteiger partial charge in [0.25, 0.3) is 5.91 Å². The summed E-state index contributed by atoms with van der Waals surface area (Å²) in [6, 6.07) is 9.47. The van der Waals surface area contributed by atoms with Crippen molar-refractivity contribution in [1.29, 1.82) is 0 Å². The Labute approximate surface area is 130 Å². The van der Waals surface area contributed by atoms with E-state index in [0.717, 1.165) is 11.1 Å². The summed E-state index contributed by atoms with van der Waals surface area (Å²) in [6.45, 7) is 0. The molecule has 0 aliphatic carbocycles. The molecule has 4 nitrogen and oxygen atoms in total. The Balaban J connectivity index is 1.80. The first kappa shape index (κ1) is 14.2. The standard InChI is InChI=1S/C16H12FN3OS/c17-12-5-13(18)7-14(6-12)20-16(21)15-4-11(9-22-15)10-2-1-3-19-8-10/h1-9H,18H2,(H,20,21). The zero-order valence-corrected chi connectivity index (χ0v) is 12.2. The third kappa shape index (κ3) is 3.12. The molecule has 2 aromatic heterocycles. The molecule has 6 heteroatoms. The molecule has 3 aromatic rings. The van der Waals surface area contributed by atoms with Crippen molar-refractivity contribution < 1.29 is 9.18 Å². The summed E-state index contributed by atoms with van der Waals surface area (Å²) in [5.74, 6) is -0.789. The zero-order valence-electron chi connectivity index (χ0n) is 11.4. The third-order valence-corrected chi connectivity index (χ3v) is 3.93. The summed E-state index contributed by atoms with van der Waals surface area (Å²) < 4.78 is 13.3. The maximum Gasteiger partial charge on any atom is 0.265 e. The van der Waals surface area contributed by atoms with Crippen LogP contribution in [-0.4, -0.2) is 10.9 Å². The number of rotatable bonds is 3. The van der Waals surface area contributed by atoms with Crippen LogP contribution in [0.4, 0.5) is 15.8 Å². The fraction of sp³-hybridized carbons (Fsp3) is 0. The number of carbonyl (C=O) groups is 1. The highest BCUT2D eigenvalue weighted by Crippen LogP contribution is 2.26. The van der Waals surface area contributed by atoms with Crippen molar-refractivity contribution >= 4 is 28.6 Å². The maximum absolute atomic E-state index is 13.3. The minimum absolute atomic E-state index is 0.262. The predicted octanol–water partition coefficient (Wildman–Crippen LogP) is 3.78. The number of nitrogens with zero attached hydrogens (tertiary/aromatic N) is 1. The highest BCUT2D eigenvalue weighted by atomic mass is 32.1. The molecule has 0 bridgehead atoms. The van der Waals surface area contributed by atoms with Gasteiger partial charge in [-0.1, -0.05) is 6.07 Å². The van der Waals surface area contributed by atoms with E-state index in [4.69, 9.17) is 5.73 Å². The van der Waals surface area contributed by atoms with E-state index in [9.17, 15) is 9.18 Å². The molecule has 3 N–H and O–H groups in total. The number of benzene rings is 1. The SMILES string of the molecule is Nc1cc(F)cc(NC(=O)c2cc(-c3cccnc3)cs2)c1. The van der Waals surface area contributed by atoms with Gasteiger partial charge in [0.2, 0.25) is 0 Å². The Morgan fingerprint density at radius 3 is 2.82 bits per heavy atom. The van der Waals surface area contributed by atoms with E-state index in [1.807, 2.05) is 17.5 Å². The first-order valence-corrected chi connectivity index (χ1v) is 7.36. The van der Waals surface area contributed by atoms with Crippen molar-refractivity contribution in [2.45, 2.75) is 0 Å². The van der Waals surface area contributed by atoms with Crippen LogP contribution in [0.25, 0.3) is 11.1 Å². The number of thiophene rings is 1. The van der Waals surface area contributed by atoms with Gasteiger partial charge in [0, 0.05) is 29.3 Å². The lowest BCUT2D eigenvalue weighted by molar-refractivity contribution is 0.103. The molecule has 0 spiro atoms. The van der Waals surface area contributed by atoms with Crippen molar-refractivity contribution in [3.8, 4) is 11.1 Å². The van der Waals surface area contributed by atoms with E-state index >= 15 is 0 Å². The monoisotopic (exact) mass is 313 g/mol. The fourth-order valence-corrected chi connectivity index (χ4v) is 2.83. The largest absolute Gasteiger partial charge is 0.399 e. The number of nitrogens with two attached hydrogens (primary N) is 1. The van der Waals surface area contributed by atoms with Crippen LogP contribution in [0.1, 0.15) is 9.67 Å². The topological polar surface area (TPSA) is 68.0 Å². The van der Waals surface area contributed by atoms with Crippen LogP contribution in [-0.2, 0) is 0 Å². The Bertz CT molecular complexity index is 797. The van der Waals surface area contributed by atoms with Crippen molar-refractivity contribution in [3.05, 3.63) is 64.9 Å². The molecule has 0 saturated carbocycles. The van der Waals surface area contributed by atoms with Gasteiger partial charge in [0.1, 0.15) is 5.82 Å². The number of aromatic nitrogens is 1. The highest BCUT2D eigenvalue weighted by molar-refractivity contribution is 7.12. The van der Waals surface area contributed by atoms with E-state index in [2.05, 4.69) is 10.3 Å². The molecule has 22 heavy (non-hydrogen) atoms. The van der Waals surface area contributed by atoms with Crippen LogP contribution in [0.2, 0.25) is 0 Å². The Kier molecular flexibility index (Phi) is 3.84. The molecule has 0 aliphatic heterocycles. The fourth-order valence-electron chi connectivity index (χ4n) is 2.02.